The number of hydrogen-bond donors (Lipinski definition) is 6. The van der Waals surface area contributed by atoms with Gasteiger partial charge in [0.25, 0.3) is 20.2 Å². The van der Waals surface area contributed by atoms with Crippen molar-refractivity contribution in [2.75, 3.05) is 11.5 Å². The van der Waals surface area contributed by atoms with Crippen LogP contribution in [0.3, 0.4) is 0 Å². The van der Waals surface area contributed by atoms with Gasteiger partial charge in [0.1, 0.15) is 16.3 Å². The van der Waals surface area contributed by atoms with Crippen LogP contribution in [-0.4, -0.2) is 31.0 Å². The Hall–Kier alpha value is -2.91. The number of nitrogen functional groups attached to an aromatic ring is 2. The van der Waals surface area contributed by atoms with Crippen molar-refractivity contribution >= 4 is 66.4 Å². The molecule has 30 heavy (non-hydrogen) atoms. The molecule has 14 heteroatoms. The van der Waals surface area contributed by atoms with E-state index < -0.39 is 41.5 Å². The predicted octanol–water partition coefficient (Wildman–Crippen LogP) is 2.91. The molecule has 11 nitrogen and oxygen atoms in total. The Kier molecular flexibility index (Phi) is 5.38. The normalized spacial score (nSPS) is 12.6. The Morgan fingerprint density at radius 2 is 1.57 bits per heavy atom. The van der Waals surface area contributed by atoms with Crippen molar-refractivity contribution < 1.29 is 31.0 Å². The van der Waals surface area contributed by atoms with Gasteiger partial charge < -0.3 is 16.6 Å². The van der Waals surface area contributed by atoms with E-state index in [1.165, 1.54) is 18.2 Å². The Morgan fingerprint density at radius 1 is 0.900 bits per heavy atom. The van der Waals surface area contributed by atoms with Gasteiger partial charge in [0.05, 0.1) is 21.7 Å². The van der Waals surface area contributed by atoms with Gasteiger partial charge in [0.15, 0.2) is 0 Å². The molecule has 0 spiro atoms. The molecule has 0 unspecified atom stereocenters. The SMILES string of the molecule is Nc1ccc(/N=N/c2c(N)c(S(=O)(=O)O)cc3cc(S(=O)(=O)O)cc(O)c23)c(S)c1. The number of fused-ring (bicyclic) bond motifs is 1. The van der Waals surface area contributed by atoms with Crippen molar-refractivity contribution in [2.45, 2.75) is 14.7 Å². The maximum atomic E-state index is 11.7. The number of nitrogens with two attached hydrogens (primary N) is 2. The fraction of sp³-hybridized carbons (Fsp3) is 0. The molecule has 3 aromatic rings. The van der Waals surface area contributed by atoms with Crippen LogP contribution in [-0.2, 0) is 20.2 Å². The second-order valence-electron chi connectivity index (χ2n) is 6.08. The third-order valence-corrected chi connectivity index (χ3v) is 6.08. The van der Waals surface area contributed by atoms with Crippen LogP contribution in [0.15, 0.2) is 61.3 Å². The lowest BCUT2D eigenvalue weighted by molar-refractivity contribution is 0.471. The number of anilines is 2. The molecule has 0 atom stereocenters. The predicted molar refractivity (Wildman–Crippen MR) is 112 cm³/mol. The molecule has 158 valence electrons. The van der Waals surface area contributed by atoms with Crippen molar-refractivity contribution in [3.05, 3.63) is 36.4 Å². The summed E-state index contributed by atoms with van der Waals surface area (Å²) in [4.78, 5) is -1.16. The van der Waals surface area contributed by atoms with Gasteiger partial charge in [-0.2, -0.15) is 16.8 Å². The van der Waals surface area contributed by atoms with Gasteiger partial charge in [-0.05, 0) is 35.7 Å². The van der Waals surface area contributed by atoms with E-state index in [9.17, 15) is 31.0 Å². The maximum absolute atomic E-state index is 11.7. The molecule has 3 rings (SSSR count). The highest BCUT2D eigenvalue weighted by Gasteiger charge is 2.23. The van der Waals surface area contributed by atoms with E-state index in [0.29, 0.717) is 10.6 Å². The average Bonchev–Trinajstić information content (AvgIpc) is 2.60. The van der Waals surface area contributed by atoms with E-state index in [0.717, 1.165) is 18.2 Å². The number of aromatic hydroxyl groups is 1. The summed E-state index contributed by atoms with van der Waals surface area (Å²) in [6, 6.07) is 6.92. The molecule has 0 aromatic heterocycles. The molecule has 0 aliphatic rings. The molecule has 0 radical (unpaired) electrons. The smallest absolute Gasteiger partial charge is 0.296 e. The summed E-state index contributed by atoms with van der Waals surface area (Å²) in [5.41, 5.74) is 11.2. The Labute approximate surface area is 176 Å². The summed E-state index contributed by atoms with van der Waals surface area (Å²) in [5.74, 6) is -0.675. The first-order valence-electron chi connectivity index (χ1n) is 7.83. The van der Waals surface area contributed by atoms with Crippen LogP contribution in [0.4, 0.5) is 22.7 Å². The van der Waals surface area contributed by atoms with E-state index in [-0.39, 0.29) is 22.1 Å². The van der Waals surface area contributed by atoms with Gasteiger partial charge in [-0.3, -0.25) is 9.11 Å². The summed E-state index contributed by atoms with van der Waals surface area (Å²) in [7, 11) is -9.59. The van der Waals surface area contributed by atoms with Crippen molar-refractivity contribution in [3.63, 3.8) is 0 Å². The van der Waals surface area contributed by atoms with Gasteiger partial charge in [0.2, 0.25) is 0 Å². The molecule has 0 amide bonds. The fourth-order valence-electron chi connectivity index (χ4n) is 2.66. The quantitative estimate of drug-likeness (QED) is 0.143. The number of azo groups is 1. The number of phenols is 1. The Bertz CT molecular complexity index is 1440. The van der Waals surface area contributed by atoms with Crippen molar-refractivity contribution in [1.82, 2.24) is 0 Å². The van der Waals surface area contributed by atoms with Crippen molar-refractivity contribution in [2.24, 2.45) is 10.2 Å². The summed E-state index contributed by atoms with van der Waals surface area (Å²) in [5, 5.41) is 17.8. The molecule has 0 aliphatic carbocycles. The zero-order chi connectivity index (χ0) is 22.4. The van der Waals surface area contributed by atoms with Crippen LogP contribution in [0.2, 0.25) is 0 Å². The number of benzene rings is 3. The highest BCUT2D eigenvalue weighted by molar-refractivity contribution is 7.86. The molecule has 3 aromatic carbocycles. The molecule has 0 fully saturated rings. The topological polar surface area (TPSA) is 206 Å². The summed E-state index contributed by atoms with van der Waals surface area (Å²) < 4.78 is 65.0. The van der Waals surface area contributed by atoms with E-state index in [2.05, 4.69) is 22.9 Å². The first-order valence-corrected chi connectivity index (χ1v) is 11.2. The van der Waals surface area contributed by atoms with Crippen LogP contribution in [0.5, 0.6) is 5.75 Å². The molecular weight excluding hydrogens is 456 g/mol. The molecule has 7 N–H and O–H groups in total. The average molecular weight is 471 g/mol. The van der Waals surface area contributed by atoms with Gasteiger partial charge in [-0.1, -0.05) is 0 Å². The number of thiol groups is 1. The molecular formula is C16H14N4O7S3. The third kappa shape index (κ3) is 4.17. The van der Waals surface area contributed by atoms with Crippen LogP contribution in [0.1, 0.15) is 0 Å². The lowest BCUT2D eigenvalue weighted by atomic mass is 10.1. The zero-order valence-electron chi connectivity index (χ0n) is 14.8. The lowest BCUT2D eigenvalue weighted by Gasteiger charge is -2.12. The summed E-state index contributed by atoms with van der Waals surface area (Å²) in [6.07, 6.45) is 0. The molecule has 0 heterocycles. The first kappa shape index (κ1) is 21.8. The Morgan fingerprint density at radius 3 is 2.13 bits per heavy atom. The third-order valence-electron chi connectivity index (χ3n) is 4.00. The molecule has 0 aliphatic heterocycles. The minimum absolute atomic E-state index is 0.160. The summed E-state index contributed by atoms with van der Waals surface area (Å²) in [6.45, 7) is 0. The number of nitrogens with zero attached hydrogens (tertiary/aromatic N) is 2. The minimum Gasteiger partial charge on any atom is -0.507 e. The fourth-order valence-corrected chi connectivity index (χ4v) is 4.11. The molecule has 0 bridgehead atoms. The Balaban J connectivity index is 2.38. The van der Waals surface area contributed by atoms with Crippen molar-refractivity contribution in [1.29, 1.82) is 0 Å². The number of rotatable bonds is 4. The molecule has 0 saturated carbocycles. The van der Waals surface area contributed by atoms with Gasteiger partial charge >= 0.3 is 0 Å². The van der Waals surface area contributed by atoms with Gasteiger partial charge in [-0.15, -0.1) is 22.9 Å². The van der Waals surface area contributed by atoms with Crippen LogP contribution in [0, 0.1) is 0 Å². The second-order valence-corrected chi connectivity index (χ2v) is 9.37. The minimum atomic E-state index is -4.86. The van der Waals surface area contributed by atoms with Gasteiger partial charge in [-0.25, -0.2) is 0 Å². The van der Waals surface area contributed by atoms with E-state index in [1.54, 1.807) is 0 Å². The highest BCUT2D eigenvalue weighted by Crippen LogP contribution is 2.43. The van der Waals surface area contributed by atoms with Crippen LogP contribution < -0.4 is 11.5 Å². The van der Waals surface area contributed by atoms with E-state index >= 15 is 0 Å². The van der Waals surface area contributed by atoms with Crippen molar-refractivity contribution in [3.8, 4) is 5.75 Å². The lowest BCUT2D eigenvalue weighted by Crippen LogP contribution is -2.04. The van der Waals surface area contributed by atoms with Gasteiger partial charge in [0, 0.05) is 16.6 Å². The largest absolute Gasteiger partial charge is 0.507 e. The second kappa shape index (κ2) is 7.41. The van der Waals surface area contributed by atoms with Crippen LogP contribution in [0.25, 0.3) is 10.8 Å². The zero-order valence-corrected chi connectivity index (χ0v) is 17.3. The standard InChI is InChI=1S/C16H14N4O7S3/c17-8-1-2-10(12(28)5-8)19-20-16-14-7(4-13(15(16)18)30(25,26)27)3-9(6-11(14)21)29(22,23)24/h1-6,21,28H,17-18H2,(H,22,23,24)(H,25,26,27)/b20-19+. The first-order chi connectivity index (χ1) is 13.8. The van der Waals surface area contributed by atoms with Crippen LogP contribution >= 0.6 is 12.6 Å². The monoisotopic (exact) mass is 470 g/mol. The molecule has 0 saturated heterocycles. The highest BCUT2D eigenvalue weighted by atomic mass is 32.2. The number of hydrogen-bond acceptors (Lipinski definition) is 10. The number of phenolic OH excluding ortho intramolecular Hbond substituents is 1. The maximum Gasteiger partial charge on any atom is 0.296 e. The van der Waals surface area contributed by atoms with E-state index in [4.69, 9.17) is 11.5 Å². The summed E-state index contributed by atoms with van der Waals surface area (Å²) >= 11 is 4.20. The van der Waals surface area contributed by atoms with E-state index in [1.807, 2.05) is 0 Å².